The summed E-state index contributed by atoms with van der Waals surface area (Å²) >= 11 is 7.06. The summed E-state index contributed by atoms with van der Waals surface area (Å²) in [5.74, 6) is 0.206. The quantitative estimate of drug-likeness (QED) is 0.815. The number of aromatic nitrogens is 1. The van der Waals surface area contributed by atoms with Gasteiger partial charge in [0.2, 0.25) is 0 Å². The molecule has 0 bridgehead atoms. The van der Waals surface area contributed by atoms with E-state index in [1.807, 2.05) is 26.0 Å². The van der Waals surface area contributed by atoms with E-state index in [2.05, 4.69) is 42.2 Å². The molecule has 1 aromatic heterocycles. The zero-order valence-electron chi connectivity index (χ0n) is 10.7. The van der Waals surface area contributed by atoms with Gasteiger partial charge in [-0.1, -0.05) is 0 Å². The average Bonchev–Trinajstić information content (AvgIpc) is 2.32. The number of halogens is 2. The van der Waals surface area contributed by atoms with Crippen molar-refractivity contribution in [2.24, 2.45) is 0 Å². The third-order valence-corrected chi connectivity index (χ3v) is 3.96. The average molecular weight is 386 g/mol. The molecule has 0 amide bonds. The van der Waals surface area contributed by atoms with Crippen molar-refractivity contribution in [1.82, 2.24) is 4.98 Å². The fourth-order valence-electron chi connectivity index (χ4n) is 1.77. The fourth-order valence-corrected chi connectivity index (χ4v) is 3.47. The normalized spacial score (nSPS) is 10.5. The van der Waals surface area contributed by atoms with Gasteiger partial charge in [-0.15, -0.1) is 0 Å². The zero-order valence-corrected chi connectivity index (χ0v) is 13.8. The number of hydrogen-bond acceptors (Lipinski definition) is 3. The van der Waals surface area contributed by atoms with Crippen LogP contribution in [-0.4, -0.2) is 10.1 Å². The van der Waals surface area contributed by atoms with Crippen LogP contribution in [0.1, 0.15) is 17.0 Å². The first-order valence-electron chi connectivity index (χ1n) is 5.82. The molecule has 19 heavy (non-hydrogen) atoms. The van der Waals surface area contributed by atoms with Gasteiger partial charge >= 0.3 is 0 Å². The minimum atomic E-state index is 0.206. The lowest BCUT2D eigenvalue weighted by Gasteiger charge is -2.12. The molecule has 0 aliphatic rings. The summed E-state index contributed by atoms with van der Waals surface area (Å²) in [7, 11) is 0. The van der Waals surface area contributed by atoms with E-state index in [9.17, 15) is 5.11 Å². The van der Waals surface area contributed by atoms with Crippen molar-refractivity contribution in [2.45, 2.75) is 20.4 Å². The predicted molar refractivity (Wildman–Crippen MR) is 84.5 cm³/mol. The van der Waals surface area contributed by atoms with E-state index in [1.54, 1.807) is 12.1 Å². The van der Waals surface area contributed by atoms with Crippen LogP contribution < -0.4 is 5.32 Å². The third kappa shape index (κ3) is 3.48. The van der Waals surface area contributed by atoms with E-state index in [-0.39, 0.29) is 5.75 Å². The van der Waals surface area contributed by atoms with E-state index >= 15 is 0 Å². The second-order valence-corrected chi connectivity index (χ2v) is 6.08. The topological polar surface area (TPSA) is 45.2 Å². The highest BCUT2D eigenvalue weighted by atomic mass is 79.9. The second kappa shape index (κ2) is 5.92. The molecule has 0 fully saturated rings. The molecule has 1 heterocycles. The maximum atomic E-state index is 9.77. The van der Waals surface area contributed by atoms with Gasteiger partial charge < -0.3 is 10.4 Å². The van der Waals surface area contributed by atoms with Crippen LogP contribution in [0.3, 0.4) is 0 Å². The van der Waals surface area contributed by atoms with Gasteiger partial charge in [-0.25, -0.2) is 0 Å². The molecule has 0 spiro atoms. The number of hydrogen-bond donors (Lipinski definition) is 2. The molecular weight excluding hydrogens is 372 g/mol. The van der Waals surface area contributed by atoms with Crippen LogP contribution in [0.2, 0.25) is 0 Å². The van der Waals surface area contributed by atoms with Gasteiger partial charge in [0, 0.05) is 14.6 Å². The standard InChI is InChI=1S/C14H14Br2N2O/c1-8-5-10(15)14(11(16)6-8)17-7-12-13(19)4-3-9(2)18-12/h3-6,17,19H,7H2,1-2H3. The molecule has 2 rings (SSSR count). The summed E-state index contributed by atoms with van der Waals surface area (Å²) in [6.45, 7) is 4.40. The van der Waals surface area contributed by atoms with Crippen molar-refractivity contribution in [3.05, 3.63) is 50.2 Å². The number of aromatic hydroxyl groups is 1. The Morgan fingerprint density at radius 2 is 1.79 bits per heavy atom. The monoisotopic (exact) mass is 384 g/mol. The molecule has 0 saturated carbocycles. The molecule has 0 unspecified atom stereocenters. The molecule has 0 atom stereocenters. The van der Waals surface area contributed by atoms with E-state index in [0.29, 0.717) is 12.2 Å². The summed E-state index contributed by atoms with van der Waals surface area (Å²) in [5.41, 5.74) is 3.64. The molecule has 2 N–H and O–H groups in total. The third-order valence-electron chi connectivity index (χ3n) is 2.71. The van der Waals surface area contributed by atoms with Gasteiger partial charge in [0.1, 0.15) is 11.4 Å². The van der Waals surface area contributed by atoms with Crippen molar-refractivity contribution in [1.29, 1.82) is 0 Å². The Balaban J connectivity index is 2.21. The van der Waals surface area contributed by atoms with Crippen LogP contribution in [0.25, 0.3) is 0 Å². The molecule has 2 aromatic rings. The Morgan fingerprint density at radius 1 is 1.16 bits per heavy atom. The van der Waals surface area contributed by atoms with E-state index < -0.39 is 0 Å². The van der Waals surface area contributed by atoms with Crippen LogP contribution in [0, 0.1) is 13.8 Å². The molecule has 0 radical (unpaired) electrons. The van der Waals surface area contributed by atoms with Crippen LogP contribution in [-0.2, 0) is 6.54 Å². The number of anilines is 1. The zero-order chi connectivity index (χ0) is 14.0. The molecule has 100 valence electrons. The highest BCUT2D eigenvalue weighted by Crippen LogP contribution is 2.32. The van der Waals surface area contributed by atoms with Gasteiger partial charge in [-0.2, -0.15) is 0 Å². The number of aryl methyl sites for hydroxylation is 2. The smallest absolute Gasteiger partial charge is 0.138 e. The van der Waals surface area contributed by atoms with Crippen molar-refractivity contribution < 1.29 is 5.11 Å². The number of nitrogens with one attached hydrogen (secondary N) is 1. The minimum absolute atomic E-state index is 0.206. The molecule has 5 heteroatoms. The molecule has 0 saturated heterocycles. The lowest BCUT2D eigenvalue weighted by atomic mass is 10.2. The van der Waals surface area contributed by atoms with Gasteiger partial charge in [-0.05, 0) is 75.5 Å². The Labute approximate surface area is 129 Å². The van der Waals surface area contributed by atoms with Crippen molar-refractivity contribution in [3.8, 4) is 5.75 Å². The van der Waals surface area contributed by atoms with Crippen molar-refractivity contribution >= 4 is 37.5 Å². The van der Waals surface area contributed by atoms with E-state index in [1.165, 1.54) is 5.56 Å². The number of rotatable bonds is 3. The lowest BCUT2D eigenvalue weighted by Crippen LogP contribution is -2.04. The van der Waals surface area contributed by atoms with Crippen molar-refractivity contribution in [3.63, 3.8) is 0 Å². The molecule has 0 aliphatic carbocycles. The minimum Gasteiger partial charge on any atom is -0.506 e. The number of pyridine rings is 1. The largest absolute Gasteiger partial charge is 0.506 e. The van der Waals surface area contributed by atoms with E-state index in [0.717, 1.165) is 20.3 Å². The van der Waals surface area contributed by atoms with Crippen molar-refractivity contribution in [2.75, 3.05) is 5.32 Å². The summed E-state index contributed by atoms with van der Waals surface area (Å²) in [6.07, 6.45) is 0. The number of benzene rings is 1. The highest BCUT2D eigenvalue weighted by Gasteiger charge is 2.08. The maximum Gasteiger partial charge on any atom is 0.138 e. The van der Waals surface area contributed by atoms with Crippen LogP contribution in [0.15, 0.2) is 33.2 Å². The van der Waals surface area contributed by atoms with Crippen LogP contribution in [0.4, 0.5) is 5.69 Å². The molecule has 3 nitrogen and oxygen atoms in total. The summed E-state index contributed by atoms with van der Waals surface area (Å²) in [5, 5.41) is 13.0. The first-order valence-corrected chi connectivity index (χ1v) is 7.41. The van der Waals surface area contributed by atoms with Gasteiger partial charge in [0.05, 0.1) is 12.2 Å². The Morgan fingerprint density at radius 3 is 2.42 bits per heavy atom. The second-order valence-electron chi connectivity index (χ2n) is 4.38. The predicted octanol–water partition coefficient (Wildman–Crippen LogP) is 4.54. The maximum absolute atomic E-state index is 9.77. The Kier molecular flexibility index (Phi) is 4.47. The van der Waals surface area contributed by atoms with Gasteiger partial charge in [-0.3, -0.25) is 4.98 Å². The summed E-state index contributed by atoms with van der Waals surface area (Å²) in [6, 6.07) is 7.53. The lowest BCUT2D eigenvalue weighted by molar-refractivity contribution is 0.464. The van der Waals surface area contributed by atoms with E-state index in [4.69, 9.17) is 0 Å². The first kappa shape index (κ1) is 14.3. The van der Waals surface area contributed by atoms with Gasteiger partial charge in [0.25, 0.3) is 0 Å². The van der Waals surface area contributed by atoms with Crippen LogP contribution >= 0.6 is 31.9 Å². The molecular formula is C14H14Br2N2O. The Bertz CT molecular complexity index is 591. The molecule has 0 aliphatic heterocycles. The van der Waals surface area contributed by atoms with Gasteiger partial charge in [0.15, 0.2) is 0 Å². The molecule has 1 aromatic carbocycles. The summed E-state index contributed by atoms with van der Waals surface area (Å²) < 4.78 is 1.96. The fraction of sp³-hybridized carbons (Fsp3) is 0.214. The summed E-state index contributed by atoms with van der Waals surface area (Å²) in [4.78, 5) is 4.32. The number of nitrogens with zero attached hydrogens (tertiary/aromatic N) is 1. The highest BCUT2D eigenvalue weighted by molar-refractivity contribution is 9.11. The first-order chi connectivity index (χ1) is 8.97. The SMILES string of the molecule is Cc1cc(Br)c(NCc2nc(C)ccc2O)c(Br)c1. The Hall–Kier alpha value is -1.07. The van der Waals surface area contributed by atoms with Crippen LogP contribution in [0.5, 0.6) is 5.75 Å².